The SMILES string of the molecule is CCOC[C@@H]1CC(F)(F)CN1C1CN(C(=O)c2ncoc2-c2cccc(C)c2)C1. The summed E-state index contributed by atoms with van der Waals surface area (Å²) in [4.78, 5) is 20.5. The number of hydrogen-bond acceptors (Lipinski definition) is 5. The van der Waals surface area contributed by atoms with E-state index < -0.39 is 5.92 Å². The van der Waals surface area contributed by atoms with E-state index in [9.17, 15) is 13.6 Å². The molecular formula is C21H25F2N3O3. The zero-order valence-electron chi connectivity index (χ0n) is 16.6. The second-order valence-corrected chi connectivity index (χ2v) is 7.81. The summed E-state index contributed by atoms with van der Waals surface area (Å²) in [6.45, 7) is 5.12. The molecule has 3 heterocycles. The van der Waals surface area contributed by atoms with Crippen molar-refractivity contribution in [3.63, 3.8) is 0 Å². The number of aryl methyl sites for hydroxylation is 1. The highest BCUT2D eigenvalue weighted by Gasteiger charge is 2.50. The molecule has 0 unspecified atom stereocenters. The Balaban J connectivity index is 1.43. The monoisotopic (exact) mass is 405 g/mol. The molecule has 0 radical (unpaired) electrons. The molecule has 4 rings (SSSR count). The highest BCUT2D eigenvalue weighted by molar-refractivity contribution is 5.98. The molecule has 29 heavy (non-hydrogen) atoms. The highest BCUT2D eigenvalue weighted by atomic mass is 19.3. The third-order valence-electron chi connectivity index (χ3n) is 5.60. The van der Waals surface area contributed by atoms with Crippen molar-refractivity contribution in [2.24, 2.45) is 0 Å². The van der Waals surface area contributed by atoms with E-state index >= 15 is 0 Å². The van der Waals surface area contributed by atoms with Gasteiger partial charge in [-0.05, 0) is 19.9 Å². The van der Waals surface area contributed by atoms with Gasteiger partial charge in [0, 0.05) is 43.8 Å². The number of halogens is 2. The molecule has 8 heteroatoms. The number of benzene rings is 1. The average Bonchev–Trinajstić information content (AvgIpc) is 3.23. The van der Waals surface area contributed by atoms with Crippen molar-refractivity contribution in [1.82, 2.24) is 14.8 Å². The van der Waals surface area contributed by atoms with Crippen molar-refractivity contribution in [3.05, 3.63) is 41.9 Å². The predicted octanol–water partition coefficient (Wildman–Crippen LogP) is 3.22. The van der Waals surface area contributed by atoms with Crippen LogP contribution in [0.5, 0.6) is 0 Å². The number of carbonyl (C=O) groups excluding carboxylic acids is 1. The quantitative estimate of drug-likeness (QED) is 0.739. The van der Waals surface area contributed by atoms with Crippen molar-refractivity contribution >= 4 is 5.91 Å². The fourth-order valence-electron chi connectivity index (χ4n) is 4.13. The lowest BCUT2D eigenvalue weighted by Crippen LogP contribution is -2.62. The Hall–Kier alpha value is -2.32. The first-order valence-electron chi connectivity index (χ1n) is 9.89. The van der Waals surface area contributed by atoms with E-state index in [-0.39, 0.29) is 43.3 Å². The lowest BCUT2D eigenvalue weighted by atomic mass is 10.0. The van der Waals surface area contributed by atoms with Crippen LogP contribution in [0, 0.1) is 6.92 Å². The van der Waals surface area contributed by atoms with Gasteiger partial charge in [-0.2, -0.15) is 0 Å². The minimum atomic E-state index is -2.71. The van der Waals surface area contributed by atoms with Crippen molar-refractivity contribution in [2.75, 3.05) is 32.8 Å². The van der Waals surface area contributed by atoms with Gasteiger partial charge in [0.1, 0.15) is 0 Å². The summed E-state index contributed by atoms with van der Waals surface area (Å²) in [5.74, 6) is -2.51. The Morgan fingerprint density at radius 3 is 2.90 bits per heavy atom. The fraction of sp³-hybridized carbons (Fsp3) is 0.524. The smallest absolute Gasteiger partial charge is 0.276 e. The number of likely N-dealkylation sites (tertiary alicyclic amines) is 2. The van der Waals surface area contributed by atoms with Crippen LogP contribution in [0.3, 0.4) is 0 Å². The van der Waals surface area contributed by atoms with Gasteiger partial charge in [0.2, 0.25) is 0 Å². The molecular weight excluding hydrogens is 380 g/mol. The van der Waals surface area contributed by atoms with Crippen LogP contribution in [-0.2, 0) is 4.74 Å². The summed E-state index contributed by atoms with van der Waals surface area (Å²) >= 11 is 0. The maximum Gasteiger partial charge on any atom is 0.276 e. The maximum atomic E-state index is 13.9. The normalized spacial score (nSPS) is 22.1. The molecule has 1 amide bonds. The van der Waals surface area contributed by atoms with Crippen molar-refractivity contribution < 1.29 is 22.7 Å². The van der Waals surface area contributed by atoms with E-state index in [0.29, 0.717) is 25.5 Å². The third-order valence-corrected chi connectivity index (χ3v) is 5.60. The largest absolute Gasteiger partial charge is 0.443 e. The molecule has 2 aliphatic rings. The first kappa shape index (κ1) is 20.0. The molecule has 0 N–H and O–H groups in total. The lowest BCUT2D eigenvalue weighted by Gasteiger charge is -2.45. The molecule has 2 aromatic rings. The Labute approximate surface area is 168 Å². The number of aromatic nitrogens is 1. The number of alkyl halides is 2. The fourth-order valence-corrected chi connectivity index (χ4v) is 4.13. The van der Waals surface area contributed by atoms with Gasteiger partial charge in [-0.3, -0.25) is 9.69 Å². The van der Waals surface area contributed by atoms with Crippen LogP contribution in [0.1, 0.15) is 29.4 Å². The number of oxazole rings is 1. The third kappa shape index (κ3) is 4.04. The zero-order valence-corrected chi connectivity index (χ0v) is 16.6. The molecule has 2 fully saturated rings. The van der Waals surface area contributed by atoms with Crippen molar-refractivity contribution in [3.8, 4) is 11.3 Å². The van der Waals surface area contributed by atoms with Crippen LogP contribution in [0.15, 0.2) is 35.1 Å². The van der Waals surface area contributed by atoms with E-state index in [2.05, 4.69) is 4.98 Å². The van der Waals surface area contributed by atoms with Crippen molar-refractivity contribution in [2.45, 2.75) is 38.3 Å². The van der Waals surface area contributed by atoms with Gasteiger partial charge in [-0.15, -0.1) is 0 Å². The van der Waals surface area contributed by atoms with Crippen LogP contribution < -0.4 is 0 Å². The molecule has 1 aromatic heterocycles. The van der Waals surface area contributed by atoms with Gasteiger partial charge in [-0.25, -0.2) is 13.8 Å². The zero-order chi connectivity index (χ0) is 20.6. The average molecular weight is 405 g/mol. The molecule has 0 spiro atoms. The van der Waals surface area contributed by atoms with E-state index in [1.807, 2.05) is 38.1 Å². The number of rotatable bonds is 6. The number of ether oxygens (including phenoxy) is 1. The maximum absolute atomic E-state index is 13.9. The van der Waals surface area contributed by atoms with Crippen LogP contribution in [0.2, 0.25) is 0 Å². The molecule has 2 aliphatic heterocycles. The summed E-state index contributed by atoms with van der Waals surface area (Å²) in [5, 5.41) is 0. The molecule has 0 bridgehead atoms. The van der Waals surface area contributed by atoms with E-state index in [1.54, 1.807) is 9.80 Å². The molecule has 2 saturated heterocycles. The van der Waals surface area contributed by atoms with Gasteiger partial charge in [0.25, 0.3) is 11.8 Å². The summed E-state index contributed by atoms with van der Waals surface area (Å²) < 4.78 is 38.8. The second-order valence-electron chi connectivity index (χ2n) is 7.81. The van der Waals surface area contributed by atoms with Crippen LogP contribution in [0.25, 0.3) is 11.3 Å². The minimum absolute atomic E-state index is 0.0906. The Morgan fingerprint density at radius 1 is 1.38 bits per heavy atom. The first-order valence-corrected chi connectivity index (χ1v) is 9.89. The number of amides is 1. The summed E-state index contributed by atoms with van der Waals surface area (Å²) in [5.41, 5.74) is 2.10. The molecule has 1 atom stereocenters. The molecule has 0 aliphatic carbocycles. The van der Waals surface area contributed by atoms with E-state index in [1.165, 1.54) is 6.39 Å². The molecule has 6 nitrogen and oxygen atoms in total. The van der Waals surface area contributed by atoms with Gasteiger partial charge in [0.05, 0.1) is 13.2 Å². The van der Waals surface area contributed by atoms with E-state index in [0.717, 1.165) is 11.1 Å². The standard InChI is InChI=1S/C21H25F2N3O3/c1-3-28-11-16-8-21(22,23)12-26(16)17-9-25(10-17)20(27)18-19(29-13-24-18)15-6-4-5-14(2)7-15/h4-7,13,16-17H,3,8-12H2,1-2H3/t16-/m0/s1. The highest BCUT2D eigenvalue weighted by Crippen LogP contribution is 2.36. The Morgan fingerprint density at radius 2 is 2.17 bits per heavy atom. The van der Waals surface area contributed by atoms with Gasteiger partial charge >= 0.3 is 0 Å². The Kier molecular flexibility index (Phi) is 5.40. The topological polar surface area (TPSA) is 58.8 Å². The van der Waals surface area contributed by atoms with Gasteiger partial charge in [0.15, 0.2) is 17.8 Å². The van der Waals surface area contributed by atoms with Crippen LogP contribution in [0.4, 0.5) is 8.78 Å². The number of carbonyl (C=O) groups is 1. The number of nitrogens with zero attached hydrogens (tertiary/aromatic N) is 3. The molecule has 0 saturated carbocycles. The summed E-state index contributed by atoms with van der Waals surface area (Å²) in [6, 6.07) is 7.25. The first-order chi connectivity index (χ1) is 13.9. The van der Waals surface area contributed by atoms with Crippen LogP contribution in [-0.4, -0.2) is 71.5 Å². The molecule has 1 aromatic carbocycles. The van der Waals surface area contributed by atoms with Gasteiger partial charge in [-0.1, -0.05) is 23.8 Å². The number of hydrogen-bond donors (Lipinski definition) is 0. The minimum Gasteiger partial charge on any atom is -0.443 e. The summed E-state index contributed by atoms with van der Waals surface area (Å²) in [7, 11) is 0. The second kappa shape index (κ2) is 7.84. The molecule has 156 valence electrons. The predicted molar refractivity (Wildman–Crippen MR) is 103 cm³/mol. The Bertz CT molecular complexity index is 880. The van der Waals surface area contributed by atoms with E-state index in [4.69, 9.17) is 9.15 Å². The van der Waals surface area contributed by atoms with Gasteiger partial charge < -0.3 is 14.1 Å². The summed E-state index contributed by atoms with van der Waals surface area (Å²) in [6.07, 6.45) is 1.07. The van der Waals surface area contributed by atoms with Crippen LogP contribution >= 0.6 is 0 Å². The lowest BCUT2D eigenvalue weighted by molar-refractivity contribution is -0.0149. The van der Waals surface area contributed by atoms with Crippen molar-refractivity contribution in [1.29, 1.82) is 0 Å².